The number of hydrogen-bond acceptors (Lipinski definition) is 5. The molecule has 5 heteroatoms. The van der Waals surface area contributed by atoms with Crippen LogP contribution in [0.5, 0.6) is 0 Å². The average molecular weight is 358 g/mol. The number of furan rings is 1. The van der Waals surface area contributed by atoms with Gasteiger partial charge in [0.1, 0.15) is 34.8 Å². The van der Waals surface area contributed by atoms with Crippen LogP contribution < -0.4 is 0 Å². The minimum Gasteiger partial charge on any atom is -0.469 e. The molecule has 1 aromatic rings. The summed E-state index contributed by atoms with van der Waals surface area (Å²) in [5.74, 6) is 2.06. The first-order valence-electron chi connectivity index (χ1n) is 10.2. The summed E-state index contributed by atoms with van der Waals surface area (Å²) in [6.45, 7) is 8.30. The summed E-state index contributed by atoms with van der Waals surface area (Å²) in [5.41, 5.74) is 0.212. The predicted molar refractivity (Wildman–Crippen MR) is 90.9 cm³/mol. The molecule has 3 saturated heterocycles. The Labute approximate surface area is 153 Å². The van der Waals surface area contributed by atoms with Crippen LogP contribution in [0.1, 0.15) is 56.4 Å². The molecule has 7 rings (SSSR count). The molecule has 9 atom stereocenters. The lowest BCUT2D eigenvalue weighted by atomic mass is 9.50. The van der Waals surface area contributed by atoms with Gasteiger partial charge in [-0.15, -0.1) is 0 Å². The third kappa shape index (κ3) is 1.15. The molecule has 2 saturated carbocycles. The zero-order valence-electron chi connectivity index (χ0n) is 15.7. The van der Waals surface area contributed by atoms with Crippen molar-refractivity contribution < 1.29 is 23.7 Å². The van der Waals surface area contributed by atoms with Crippen LogP contribution in [-0.2, 0) is 20.6 Å². The second-order valence-electron chi connectivity index (χ2n) is 9.95. The highest BCUT2D eigenvalue weighted by atomic mass is 16.7. The Kier molecular flexibility index (Phi) is 2.22. The fraction of sp³-hybridized carbons (Fsp3) is 0.810. The normalized spacial score (nSPS) is 60.2. The summed E-state index contributed by atoms with van der Waals surface area (Å²) >= 11 is 0. The zero-order valence-corrected chi connectivity index (χ0v) is 15.7. The van der Waals surface area contributed by atoms with Crippen LogP contribution in [0.4, 0.5) is 0 Å². The van der Waals surface area contributed by atoms with Crippen LogP contribution in [0, 0.1) is 18.8 Å². The van der Waals surface area contributed by atoms with E-state index < -0.39 is 16.8 Å². The first-order chi connectivity index (χ1) is 12.3. The molecule has 5 fully saturated rings. The van der Waals surface area contributed by atoms with E-state index in [4.69, 9.17) is 18.6 Å². The third-order valence-corrected chi connectivity index (χ3v) is 9.04. The summed E-state index contributed by atoms with van der Waals surface area (Å²) in [6.07, 6.45) is 5.12. The average Bonchev–Trinajstić information content (AvgIpc) is 3.45. The maximum Gasteiger partial charge on any atom is 0.158 e. The Balaban J connectivity index is 1.39. The monoisotopic (exact) mass is 358 g/mol. The molecule has 26 heavy (non-hydrogen) atoms. The minimum atomic E-state index is -1.02. The summed E-state index contributed by atoms with van der Waals surface area (Å²) in [6, 6.07) is 0. The quantitative estimate of drug-likeness (QED) is 0.781. The topological polar surface area (TPSA) is 71.0 Å². The SMILES string of the molecule is Cc1occ2c1CC[C@H]1[C@H]2C[C@@H]2O[C@]23[C@]12O[C@H]2[C@@H]1O[C@]1(C(C)C)[C@]3(C)O. The molecule has 0 radical (unpaired) electrons. The molecule has 4 heterocycles. The number of hydrogen-bond donors (Lipinski definition) is 1. The first-order valence-corrected chi connectivity index (χ1v) is 10.2. The molecule has 1 aromatic heterocycles. The van der Waals surface area contributed by atoms with E-state index in [1.807, 2.05) is 13.2 Å². The Morgan fingerprint density at radius 1 is 1.19 bits per heavy atom. The van der Waals surface area contributed by atoms with Gasteiger partial charge in [0.25, 0.3) is 0 Å². The summed E-state index contributed by atoms with van der Waals surface area (Å²) in [7, 11) is 0. The van der Waals surface area contributed by atoms with Gasteiger partial charge in [0.15, 0.2) is 5.60 Å². The first kappa shape index (κ1) is 15.1. The molecule has 0 unspecified atom stereocenters. The van der Waals surface area contributed by atoms with Gasteiger partial charge in [-0.05, 0) is 56.1 Å². The molecule has 0 aromatic carbocycles. The standard InChI is InChI=1S/C21H26O5/c1-9(2)19-16(25-19)17-20(26-17)14-6-5-11-10(3)23-8-13(11)12(14)7-15-21(20,24-15)18(19,4)22/h8-9,12,14-17,22H,5-7H2,1-4H3/t12-,14-,15-,16-,17-,18-,19-,20-,21+/m0/s1. The van der Waals surface area contributed by atoms with Gasteiger partial charge in [0, 0.05) is 5.92 Å². The van der Waals surface area contributed by atoms with Crippen LogP contribution >= 0.6 is 0 Å². The van der Waals surface area contributed by atoms with E-state index in [0.717, 1.165) is 25.0 Å². The van der Waals surface area contributed by atoms with Gasteiger partial charge >= 0.3 is 0 Å². The lowest BCUT2D eigenvalue weighted by Crippen LogP contribution is -2.71. The molecule has 140 valence electrons. The summed E-state index contributed by atoms with van der Waals surface area (Å²) in [4.78, 5) is 0. The number of epoxide rings is 3. The van der Waals surface area contributed by atoms with Gasteiger partial charge in [0.2, 0.25) is 0 Å². The van der Waals surface area contributed by atoms with E-state index in [1.165, 1.54) is 11.1 Å². The maximum absolute atomic E-state index is 11.8. The number of rotatable bonds is 1. The van der Waals surface area contributed by atoms with Crippen molar-refractivity contribution in [2.24, 2.45) is 11.8 Å². The molecule has 5 nitrogen and oxygen atoms in total. The molecular weight excluding hydrogens is 332 g/mol. The van der Waals surface area contributed by atoms with Gasteiger partial charge in [0.05, 0.1) is 12.4 Å². The maximum atomic E-state index is 11.8. The fourth-order valence-electron chi connectivity index (χ4n) is 7.95. The van der Waals surface area contributed by atoms with E-state index in [2.05, 4.69) is 20.8 Å². The highest BCUT2D eigenvalue weighted by Crippen LogP contribution is 2.82. The summed E-state index contributed by atoms with van der Waals surface area (Å²) in [5, 5.41) is 11.8. The largest absolute Gasteiger partial charge is 0.469 e. The van der Waals surface area contributed by atoms with Crippen molar-refractivity contribution in [2.75, 3.05) is 0 Å². The highest BCUT2D eigenvalue weighted by molar-refractivity contribution is 5.51. The molecule has 1 N–H and O–H groups in total. The molecule has 6 aliphatic rings. The van der Waals surface area contributed by atoms with Crippen molar-refractivity contribution >= 4 is 0 Å². The number of fused-ring (bicyclic) bond motifs is 5. The Morgan fingerprint density at radius 2 is 2.00 bits per heavy atom. The highest BCUT2D eigenvalue weighted by Gasteiger charge is 3.01. The van der Waals surface area contributed by atoms with Crippen molar-refractivity contribution in [3.05, 3.63) is 23.2 Å². The Morgan fingerprint density at radius 3 is 2.77 bits per heavy atom. The van der Waals surface area contributed by atoms with Crippen molar-refractivity contribution in [3.63, 3.8) is 0 Å². The van der Waals surface area contributed by atoms with Crippen LogP contribution in [0.15, 0.2) is 10.7 Å². The molecule has 0 bridgehead atoms. The van der Waals surface area contributed by atoms with Gasteiger partial charge in [-0.25, -0.2) is 0 Å². The van der Waals surface area contributed by atoms with Crippen LogP contribution in [0.25, 0.3) is 0 Å². The van der Waals surface area contributed by atoms with Crippen molar-refractivity contribution in [3.8, 4) is 0 Å². The summed E-state index contributed by atoms with van der Waals surface area (Å²) < 4.78 is 25.0. The molecule has 3 aliphatic heterocycles. The third-order valence-electron chi connectivity index (χ3n) is 9.04. The van der Waals surface area contributed by atoms with E-state index >= 15 is 0 Å². The van der Waals surface area contributed by atoms with Crippen LogP contribution in [0.2, 0.25) is 0 Å². The van der Waals surface area contributed by atoms with Crippen LogP contribution in [0.3, 0.4) is 0 Å². The minimum absolute atomic E-state index is 0.000734. The number of ether oxygens (including phenoxy) is 3. The van der Waals surface area contributed by atoms with Gasteiger partial charge in [-0.1, -0.05) is 13.8 Å². The van der Waals surface area contributed by atoms with E-state index in [-0.39, 0.29) is 29.8 Å². The molecule has 0 amide bonds. The van der Waals surface area contributed by atoms with Crippen molar-refractivity contribution in [1.82, 2.24) is 0 Å². The second kappa shape index (κ2) is 3.82. The molecular formula is C21H26O5. The van der Waals surface area contributed by atoms with E-state index in [9.17, 15) is 5.11 Å². The second-order valence-corrected chi connectivity index (χ2v) is 9.95. The zero-order chi connectivity index (χ0) is 17.9. The molecule has 3 aliphatic carbocycles. The van der Waals surface area contributed by atoms with Crippen molar-refractivity contribution in [2.45, 2.75) is 93.6 Å². The van der Waals surface area contributed by atoms with Gasteiger partial charge < -0.3 is 23.7 Å². The van der Waals surface area contributed by atoms with Gasteiger partial charge in [-0.2, -0.15) is 0 Å². The molecule has 2 spiro atoms. The number of aliphatic hydroxyl groups is 1. The fourth-order valence-corrected chi connectivity index (χ4v) is 7.95. The van der Waals surface area contributed by atoms with Crippen LogP contribution in [-0.4, -0.2) is 45.8 Å². The van der Waals surface area contributed by atoms with E-state index in [0.29, 0.717) is 11.8 Å². The number of aryl methyl sites for hydroxylation is 1. The van der Waals surface area contributed by atoms with E-state index in [1.54, 1.807) is 0 Å². The van der Waals surface area contributed by atoms with Gasteiger partial charge in [-0.3, -0.25) is 0 Å². The Hall–Kier alpha value is -0.880. The lowest BCUT2D eigenvalue weighted by Gasteiger charge is -2.50. The predicted octanol–water partition coefficient (Wildman–Crippen LogP) is 2.47. The Bertz CT molecular complexity index is 857. The lowest BCUT2D eigenvalue weighted by molar-refractivity contribution is -0.138. The smallest absolute Gasteiger partial charge is 0.158 e. The van der Waals surface area contributed by atoms with Crippen molar-refractivity contribution in [1.29, 1.82) is 0 Å².